The number of hydrogen-bond donors (Lipinski definition) is 1. The lowest BCUT2D eigenvalue weighted by atomic mass is 9.64. The summed E-state index contributed by atoms with van der Waals surface area (Å²) in [6.07, 6.45) is 10.6. The molecule has 9 unspecified atom stereocenters. The first-order valence-electron chi connectivity index (χ1n) is 11.5. The lowest BCUT2D eigenvalue weighted by Crippen LogP contribution is -2.54. The third-order valence-electron chi connectivity index (χ3n) is 9.27. The predicted octanol–water partition coefficient (Wildman–Crippen LogP) is 6.82. The highest BCUT2D eigenvalue weighted by Crippen LogP contribution is 2.62. The van der Waals surface area contributed by atoms with E-state index in [1.165, 1.54) is 31.2 Å². The second-order valence-electron chi connectivity index (χ2n) is 10.9. The standard InChI is InChI=1S/C25H36BrNSi/c1-15-13-20-16(2)18-10-12-24(26)27-22(18)14-21(20)25(15)28(3,4)23-11-9-17-7-5-6-8-19(17)23/h5-9,11,15-16,18,20-25,27H,10,12-14H2,1-4H3. The normalized spacial score (nSPS) is 44.8. The molecule has 9 atom stereocenters. The van der Waals surface area contributed by atoms with Crippen molar-refractivity contribution in [3.8, 4) is 0 Å². The first kappa shape index (κ1) is 19.6. The minimum atomic E-state index is -1.49. The zero-order valence-corrected chi connectivity index (χ0v) is 20.5. The maximum atomic E-state index is 3.95. The van der Waals surface area contributed by atoms with Crippen LogP contribution in [0.3, 0.4) is 0 Å². The highest BCUT2D eigenvalue weighted by Gasteiger charge is 2.57. The minimum absolute atomic E-state index is 0.532. The van der Waals surface area contributed by atoms with Gasteiger partial charge in [0.1, 0.15) is 0 Å². The van der Waals surface area contributed by atoms with Crippen molar-refractivity contribution in [1.29, 1.82) is 0 Å². The molecule has 0 radical (unpaired) electrons. The van der Waals surface area contributed by atoms with Gasteiger partial charge in [-0.2, -0.15) is 0 Å². The largest absolute Gasteiger partial charge is 0.302 e. The van der Waals surface area contributed by atoms with E-state index >= 15 is 0 Å². The van der Waals surface area contributed by atoms with E-state index in [-0.39, 0.29) is 0 Å². The molecule has 28 heavy (non-hydrogen) atoms. The Morgan fingerprint density at radius 3 is 2.61 bits per heavy atom. The Bertz CT molecular complexity index is 772. The van der Waals surface area contributed by atoms with Gasteiger partial charge < -0.3 is 5.32 Å². The van der Waals surface area contributed by atoms with E-state index < -0.39 is 8.07 Å². The van der Waals surface area contributed by atoms with Gasteiger partial charge in [0.25, 0.3) is 0 Å². The number of piperidine rings is 1. The summed E-state index contributed by atoms with van der Waals surface area (Å²) in [6, 6.07) is 9.90. The molecule has 1 aromatic rings. The van der Waals surface area contributed by atoms with Crippen LogP contribution >= 0.6 is 15.9 Å². The summed E-state index contributed by atoms with van der Waals surface area (Å²) in [6.45, 7) is 10.6. The summed E-state index contributed by atoms with van der Waals surface area (Å²) in [5.74, 6) is 4.57. The van der Waals surface area contributed by atoms with Crippen LogP contribution in [0.5, 0.6) is 0 Å². The second-order valence-corrected chi connectivity index (χ2v) is 17.0. The van der Waals surface area contributed by atoms with Gasteiger partial charge in [-0.15, -0.1) is 0 Å². The van der Waals surface area contributed by atoms with Crippen LogP contribution in [0.2, 0.25) is 18.6 Å². The summed E-state index contributed by atoms with van der Waals surface area (Å²) >= 11 is 3.87. The molecule has 3 aliphatic carbocycles. The van der Waals surface area contributed by atoms with E-state index in [0.29, 0.717) is 10.5 Å². The third kappa shape index (κ3) is 2.94. The number of nitrogens with one attached hydrogen (secondary N) is 1. The van der Waals surface area contributed by atoms with Crippen LogP contribution in [0.15, 0.2) is 30.3 Å². The van der Waals surface area contributed by atoms with Crippen molar-refractivity contribution in [3.05, 3.63) is 41.5 Å². The molecule has 0 bridgehead atoms. The van der Waals surface area contributed by atoms with Gasteiger partial charge in [0.05, 0.1) is 13.0 Å². The number of allylic oxidation sites excluding steroid dienone is 1. The van der Waals surface area contributed by atoms with Crippen molar-refractivity contribution in [2.75, 3.05) is 0 Å². The lowest BCUT2D eigenvalue weighted by molar-refractivity contribution is 0.0597. The molecule has 3 heteroatoms. The fourth-order valence-electron chi connectivity index (χ4n) is 8.22. The van der Waals surface area contributed by atoms with Crippen molar-refractivity contribution in [2.45, 2.75) is 74.7 Å². The Labute approximate surface area is 180 Å². The van der Waals surface area contributed by atoms with E-state index in [1.54, 1.807) is 5.56 Å². The molecular weight excluding hydrogens is 422 g/mol. The van der Waals surface area contributed by atoms with Gasteiger partial charge in [0, 0.05) is 6.04 Å². The molecule has 152 valence electrons. The number of fused-ring (bicyclic) bond motifs is 3. The van der Waals surface area contributed by atoms with Crippen LogP contribution < -0.4 is 5.32 Å². The highest BCUT2D eigenvalue weighted by molar-refractivity contribution is 9.09. The molecule has 3 fully saturated rings. The van der Waals surface area contributed by atoms with E-state index in [4.69, 9.17) is 0 Å². The van der Waals surface area contributed by atoms with E-state index in [2.05, 4.69) is 84.6 Å². The average molecular weight is 459 g/mol. The van der Waals surface area contributed by atoms with Crippen LogP contribution in [0, 0.1) is 29.6 Å². The third-order valence-corrected chi connectivity index (χ3v) is 14.8. The average Bonchev–Trinajstić information content (AvgIpc) is 3.23. The van der Waals surface area contributed by atoms with Crippen LogP contribution in [-0.4, -0.2) is 19.1 Å². The van der Waals surface area contributed by atoms with Crippen molar-refractivity contribution >= 4 is 30.1 Å². The molecule has 0 amide bonds. The van der Waals surface area contributed by atoms with Gasteiger partial charge in [-0.3, -0.25) is 0 Å². The predicted molar refractivity (Wildman–Crippen MR) is 126 cm³/mol. The molecule has 1 saturated heterocycles. The van der Waals surface area contributed by atoms with Crippen molar-refractivity contribution in [1.82, 2.24) is 5.32 Å². The van der Waals surface area contributed by atoms with Crippen LogP contribution in [0.1, 0.15) is 56.2 Å². The topological polar surface area (TPSA) is 12.0 Å². The fraction of sp³-hybridized carbons (Fsp3) is 0.680. The monoisotopic (exact) mass is 457 g/mol. The Kier molecular flexibility index (Phi) is 4.96. The van der Waals surface area contributed by atoms with Crippen molar-refractivity contribution in [2.24, 2.45) is 29.6 Å². The fourth-order valence-corrected chi connectivity index (χ4v) is 14.0. The summed E-state index contributed by atoms with van der Waals surface area (Å²) in [7, 11) is -1.49. The zero-order chi connectivity index (χ0) is 19.6. The smallest absolute Gasteiger partial charge is 0.0632 e. The lowest BCUT2D eigenvalue weighted by Gasteiger charge is -2.51. The Hall–Kier alpha value is -0.383. The van der Waals surface area contributed by atoms with E-state index in [9.17, 15) is 0 Å². The van der Waals surface area contributed by atoms with E-state index in [1.807, 2.05) is 0 Å². The van der Waals surface area contributed by atoms with Gasteiger partial charge in [-0.05, 0) is 77.5 Å². The summed E-state index contributed by atoms with van der Waals surface area (Å²) in [5, 5.41) is 3.95. The van der Waals surface area contributed by atoms with E-state index in [0.717, 1.165) is 41.2 Å². The Morgan fingerprint density at radius 2 is 1.79 bits per heavy atom. The summed E-state index contributed by atoms with van der Waals surface area (Å²) < 4.78 is 0. The molecular formula is C25H36BrNSi. The maximum Gasteiger partial charge on any atom is 0.0632 e. The van der Waals surface area contributed by atoms with Gasteiger partial charge in [-0.1, -0.05) is 79.3 Å². The van der Waals surface area contributed by atoms with Crippen molar-refractivity contribution in [3.63, 3.8) is 0 Å². The van der Waals surface area contributed by atoms with Gasteiger partial charge in [-0.25, -0.2) is 0 Å². The quantitative estimate of drug-likeness (QED) is 0.291. The molecule has 2 saturated carbocycles. The van der Waals surface area contributed by atoms with Gasteiger partial charge >= 0.3 is 0 Å². The Morgan fingerprint density at radius 1 is 1.00 bits per heavy atom. The first-order chi connectivity index (χ1) is 13.4. The number of rotatable bonds is 2. The zero-order valence-electron chi connectivity index (χ0n) is 17.9. The Balaban J connectivity index is 1.46. The number of hydrogen-bond acceptors (Lipinski definition) is 1. The molecule has 5 rings (SSSR count). The molecule has 1 N–H and O–H groups in total. The minimum Gasteiger partial charge on any atom is -0.302 e. The molecule has 1 aliphatic heterocycles. The van der Waals surface area contributed by atoms with Crippen LogP contribution in [0.4, 0.5) is 0 Å². The van der Waals surface area contributed by atoms with Crippen LogP contribution in [0.25, 0.3) is 6.08 Å². The van der Waals surface area contributed by atoms with Crippen LogP contribution in [-0.2, 0) is 0 Å². The SMILES string of the molecule is CC1CC2C(C)C3CCC(Br)NC3CC2C1[Si](C)(C)C1C=Cc2ccccc21. The highest BCUT2D eigenvalue weighted by atomic mass is 79.9. The molecule has 1 aromatic carbocycles. The van der Waals surface area contributed by atoms with Gasteiger partial charge in [0.15, 0.2) is 0 Å². The molecule has 1 heterocycles. The van der Waals surface area contributed by atoms with Gasteiger partial charge in [0.2, 0.25) is 0 Å². The number of halogens is 1. The molecule has 4 aliphatic rings. The first-order valence-corrected chi connectivity index (χ1v) is 15.6. The molecule has 1 nitrogen and oxygen atoms in total. The second kappa shape index (κ2) is 7.09. The molecule has 0 spiro atoms. The molecule has 0 aromatic heterocycles. The number of benzene rings is 1. The number of alkyl halides is 1. The maximum absolute atomic E-state index is 3.95. The summed E-state index contributed by atoms with van der Waals surface area (Å²) in [4.78, 5) is 0.532. The van der Waals surface area contributed by atoms with Crippen molar-refractivity contribution < 1.29 is 0 Å². The summed E-state index contributed by atoms with van der Waals surface area (Å²) in [5.41, 5.74) is 4.74.